The first kappa shape index (κ1) is 24.3. The summed E-state index contributed by atoms with van der Waals surface area (Å²) >= 11 is 6.41. The Hall–Kier alpha value is -3.85. The van der Waals surface area contributed by atoms with Gasteiger partial charge in [-0.3, -0.25) is 9.59 Å². The summed E-state index contributed by atoms with van der Waals surface area (Å²) in [5.74, 6) is 0.520. The average Bonchev–Trinajstić information content (AvgIpc) is 3.22. The van der Waals surface area contributed by atoms with Gasteiger partial charge in [0.25, 0.3) is 5.91 Å². The molecule has 35 heavy (non-hydrogen) atoms. The monoisotopic (exact) mass is 488 g/mol. The van der Waals surface area contributed by atoms with E-state index in [1.165, 1.54) is 6.92 Å². The number of carbonyl (C=O) groups excluding carboxylic acids is 2. The molecule has 0 fully saturated rings. The first-order chi connectivity index (χ1) is 16.8. The van der Waals surface area contributed by atoms with Gasteiger partial charge in [0.15, 0.2) is 5.65 Å². The molecule has 0 unspecified atom stereocenters. The number of carbonyl (C=O) groups is 2. The molecular weight excluding hydrogens is 463 g/mol. The number of hydrogen-bond donors (Lipinski definition) is 2. The molecule has 4 rings (SSSR count). The van der Waals surface area contributed by atoms with Crippen LogP contribution in [0.1, 0.15) is 23.7 Å². The largest absolute Gasteiger partial charge is 0.370 e. The minimum atomic E-state index is -0.177. The zero-order valence-electron chi connectivity index (χ0n) is 19.9. The molecule has 0 atom stereocenters. The lowest BCUT2D eigenvalue weighted by Crippen LogP contribution is -2.29. The normalized spacial score (nSPS) is 10.8. The van der Waals surface area contributed by atoms with E-state index >= 15 is 0 Å². The number of anilines is 2. The molecule has 8 nitrogen and oxygen atoms in total. The van der Waals surface area contributed by atoms with Gasteiger partial charge in [-0.1, -0.05) is 35.9 Å². The van der Waals surface area contributed by atoms with Crippen molar-refractivity contribution in [2.45, 2.75) is 13.3 Å². The van der Waals surface area contributed by atoms with E-state index in [1.807, 2.05) is 38.2 Å². The Kier molecular flexibility index (Phi) is 7.36. The molecule has 0 spiro atoms. The number of fused-ring (bicyclic) bond motifs is 1. The second-order valence-corrected chi connectivity index (χ2v) is 8.75. The van der Waals surface area contributed by atoms with Gasteiger partial charge in [0, 0.05) is 61.2 Å². The first-order valence-corrected chi connectivity index (χ1v) is 11.7. The molecule has 2 aromatic carbocycles. The van der Waals surface area contributed by atoms with Crippen LogP contribution in [-0.4, -0.2) is 59.3 Å². The van der Waals surface area contributed by atoms with Gasteiger partial charge in [-0.25, -0.2) is 4.98 Å². The van der Waals surface area contributed by atoms with Crippen molar-refractivity contribution in [3.05, 3.63) is 71.4 Å². The van der Waals surface area contributed by atoms with Crippen LogP contribution in [0.25, 0.3) is 16.9 Å². The lowest BCUT2D eigenvalue weighted by Gasteiger charge is -2.18. The molecule has 2 heterocycles. The number of nitrogens with zero attached hydrogens (tertiary/aromatic N) is 4. The summed E-state index contributed by atoms with van der Waals surface area (Å²) in [6.45, 7) is 2.62. The summed E-state index contributed by atoms with van der Waals surface area (Å²) in [5, 5.41) is 11.2. The molecule has 2 N–H and O–H groups in total. The summed E-state index contributed by atoms with van der Waals surface area (Å²) in [5.41, 5.74) is 4.47. The molecule has 10 heteroatoms. The third-order valence-corrected chi connectivity index (χ3v) is 5.88. The number of hydrogen-bond acceptors (Lipinski definition) is 5. The summed E-state index contributed by atoms with van der Waals surface area (Å²) in [6, 6.07) is 16.5. The van der Waals surface area contributed by atoms with Crippen LogP contribution in [0.5, 0.6) is 0 Å². The van der Waals surface area contributed by atoms with Crippen molar-refractivity contribution in [3.8, 4) is 11.3 Å². The van der Waals surface area contributed by atoms with Crippen molar-refractivity contribution in [1.82, 2.24) is 19.5 Å². The zero-order valence-corrected chi connectivity index (χ0v) is 20.6. The van der Waals surface area contributed by atoms with E-state index in [2.05, 4.69) is 15.7 Å². The highest BCUT2D eigenvalue weighted by atomic mass is 35.5. The van der Waals surface area contributed by atoms with Crippen molar-refractivity contribution in [2.75, 3.05) is 30.8 Å². The van der Waals surface area contributed by atoms with Gasteiger partial charge >= 0.3 is 0 Å². The van der Waals surface area contributed by atoms with Crippen molar-refractivity contribution in [2.24, 2.45) is 0 Å². The summed E-state index contributed by atoms with van der Waals surface area (Å²) < 4.78 is 1.78. The fourth-order valence-electron chi connectivity index (χ4n) is 3.79. The van der Waals surface area contributed by atoms with Gasteiger partial charge in [0.05, 0.1) is 5.69 Å². The number of halogens is 1. The molecule has 0 saturated carbocycles. The molecule has 2 aromatic heterocycles. The second kappa shape index (κ2) is 10.6. The van der Waals surface area contributed by atoms with Crippen LogP contribution in [0.4, 0.5) is 11.5 Å². The third-order valence-electron chi connectivity index (χ3n) is 5.55. The zero-order chi connectivity index (χ0) is 24.9. The number of rotatable bonds is 8. The van der Waals surface area contributed by atoms with Gasteiger partial charge in [-0.2, -0.15) is 9.61 Å². The molecule has 0 aliphatic rings. The first-order valence-electron chi connectivity index (χ1n) is 11.3. The number of benzene rings is 2. The van der Waals surface area contributed by atoms with Crippen LogP contribution in [0.3, 0.4) is 0 Å². The van der Waals surface area contributed by atoms with Gasteiger partial charge in [-0.15, -0.1) is 0 Å². The molecule has 0 saturated heterocycles. The van der Waals surface area contributed by atoms with E-state index in [0.29, 0.717) is 29.4 Å². The van der Waals surface area contributed by atoms with Crippen LogP contribution in [0, 0.1) is 0 Å². The Labute approximate surface area is 209 Å². The van der Waals surface area contributed by atoms with Gasteiger partial charge in [0.2, 0.25) is 5.91 Å². The summed E-state index contributed by atoms with van der Waals surface area (Å²) in [4.78, 5) is 30.5. The molecule has 2 amide bonds. The molecular formula is C25H26BClN6O2. The Morgan fingerprint density at radius 2 is 1.94 bits per heavy atom. The van der Waals surface area contributed by atoms with E-state index < -0.39 is 0 Å². The van der Waals surface area contributed by atoms with E-state index in [1.54, 1.807) is 46.9 Å². The fourth-order valence-corrected chi connectivity index (χ4v) is 4.03. The van der Waals surface area contributed by atoms with Gasteiger partial charge < -0.3 is 15.5 Å². The topological polar surface area (TPSA) is 91.6 Å². The molecule has 178 valence electrons. The Balaban J connectivity index is 1.42. The number of nitrogens with one attached hydrogen (secondary N) is 2. The Morgan fingerprint density at radius 1 is 1.14 bits per heavy atom. The molecule has 0 radical (unpaired) electrons. The minimum Gasteiger partial charge on any atom is -0.370 e. The summed E-state index contributed by atoms with van der Waals surface area (Å²) in [6.07, 6.45) is 2.50. The molecule has 0 bridgehead atoms. The second-order valence-electron chi connectivity index (χ2n) is 8.34. The molecule has 4 aromatic rings. The van der Waals surface area contributed by atoms with E-state index in [0.717, 1.165) is 34.6 Å². The standard InChI is InChI=1S/C25H26BClN6O2/c1-16(34)30-18-8-5-7-17(13-18)25(35)32(2)12-6-11-28-23-14-22(19-9-3-4-10-21(19)27)31-24-20(26)15-29-33(23)24/h3-5,7-10,13-15,28H,6,11-12,26H2,1-2H3,(H,30,34). The van der Waals surface area contributed by atoms with Crippen LogP contribution in [0.2, 0.25) is 5.02 Å². The summed E-state index contributed by atoms with van der Waals surface area (Å²) in [7, 11) is 3.74. The molecule has 0 aliphatic carbocycles. The van der Waals surface area contributed by atoms with Gasteiger partial charge in [0.1, 0.15) is 13.7 Å². The maximum absolute atomic E-state index is 12.8. The van der Waals surface area contributed by atoms with Crippen molar-refractivity contribution in [1.29, 1.82) is 0 Å². The van der Waals surface area contributed by atoms with Crippen molar-refractivity contribution < 1.29 is 9.59 Å². The van der Waals surface area contributed by atoms with Crippen molar-refractivity contribution in [3.63, 3.8) is 0 Å². The van der Waals surface area contributed by atoms with Crippen molar-refractivity contribution >= 4 is 53.9 Å². The average molecular weight is 489 g/mol. The maximum Gasteiger partial charge on any atom is 0.253 e. The smallest absolute Gasteiger partial charge is 0.253 e. The maximum atomic E-state index is 12.8. The predicted molar refractivity (Wildman–Crippen MR) is 142 cm³/mol. The lowest BCUT2D eigenvalue weighted by molar-refractivity contribution is -0.114. The Morgan fingerprint density at radius 3 is 2.71 bits per heavy atom. The van der Waals surface area contributed by atoms with Crippen LogP contribution in [0.15, 0.2) is 60.8 Å². The predicted octanol–water partition coefficient (Wildman–Crippen LogP) is 2.84. The quantitative estimate of drug-likeness (QED) is 0.294. The van der Waals surface area contributed by atoms with Crippen LogP contribution >= 0.6 is 11.6 Å². The van der Waals surface area contributed by atoms with Gasteiger partial charge in [-0.05, 0) is 36.1 Å². The highest BCUT2D eigenvalue weighted by Gasteiger charge is 2.14. The highest BCUT2D eigenvalue weighted by Crippen LogP contribution is 2.28. The van der Waals surface area contributed by atoms with Crippen LogP contribution < -0.4 is 16.1 Å². The third kappa shape index (κ3) is 5.63. The highest BCUT2D eigenvalue weighted by molar-refractivity contribution is 6.36. The minimum absolute atomic E-state index is 0.104. The Bertz CT molecular complexity index is 1390. The number of aromatic nitrogens is 3. The number of amides is 2. The lowest BCUT2D eigenvalue weighted by atomic mass is 10.0. The van der Waals surface area contributed by atoms with E-state index in [-0.39, 0.29) is 11.8 Å². The van der Waals surface area contributed by atoms with Crippen LogP contribution in [-0.2, 0) is 4.79 Å². The van der Waals surface area contributed by atoms with E-state index in [9.17, 15) is 9.59 Å². The SMILES string of the molecule is Bc1cnn2c(NCCCN(C)C(=O)c3cccc(NC(C)=O)c3)cc(-c3ccccc3Cl)nc12. The molecule has 0 aliphatic heterocycles. The van der Waals surface area contributed by atoms with E-state index in [4.69, 9.17) is 16.6 Å². The fraction of sp³-hybridized carbons (Fsp3) is 0.200.